The zero-order valence-electron chi connectivity index (χ0n) is 11.0. The number of aromatic nitrogens is 1. The summed E-state index contributed by atoms with van der Waals surface area (Å²) in [6.07, 6.45) is 3.12. The first kappa shape index (κ1) is 15.1. The first-order chi connectivity index (χ1) is 8.43. The summed E-state index contributed by atoms with van der Waals surface area (Å²) in [7, 11) is -1.98. The highest BCUT2D eigenvalue weighted by atomic mass is 32.2. The lowest BCUT2D eigenvalue weighted by Gasteiger charge is -2.23. The molecule has 1 N–H and O–H groups in total. The van der Waals surface area contributed by atoms with Crippen LogP contribution in [0.4, 0.5) is 0 Å². The van der Waals surface area contributed by atoms with Gasteiger partial charge in [-0.15, -0.1) is 0 Å². The highest BCUT2D eigenvalue weighted by molar-refractivity contribution is 7.89. The fourth-order valence-electron chi connectivity index (χ4n) is 1.64. The summed E-state index contributed by atoms with van der Waals surface area (Å²) in [5, 5.41) is 8.92. The summed E-state index contributed by atoms with van der Waals surface area (Å²) in [5.41, 5.74) is 0.596. The molecule has 1 heterocycles. The zero-order chi connectivity index (χ0) is 13.8. The Bertz CT molecular complexity index is 471. The van der Waals surface area contributed by atoms with Crippen LogP contribution in [-0.4, -0.2) is 35.9 Å². The number of nitrogens with zero attached hydrogens (tertiary/aromatic N) is 2. The van der Waals surface area contributed by atoms with Crippen LogP contribution in [0.3, 0.4) is 0 Å². The number of sulfonamides is 1. The van der Waals surface area contributed by atoms with E-state index in [1.807, 2.05) is 13.8 Å². The third kappa shape index (κ3) is 3.28. The van der Waals surface area contributed by atoms with Crippen molar-refractivity contribution in [2.75, 3.05) is 7.05 Å². The monoisotopic (exact) mass is 272 g/mol. The average Bonchev–Trinajstić information content (AvgIpc) is 2.38. The standard InChI is InChI=1S/C12H20N2O3S/c1-4-5-10(2)14(3)18(16,17)12-7-6-11(9-15)8-13-12/h6-8,10,15H,4-5,9H2,1-3H3. The van der Waals surface area contributed by atoms with Crippen molar-refractivity contribution in [1.29, 1.82) is 0 Å². The van der Waals surface area contributed by atoms with Gasteiger partial charge in [-0.25, -0.2) is 13.4 Å². The van der Waals surface area contributed by atoms with Gasteiger partial charge in [0.05, 0.1) is 6.61 Å². The second kappa shape index (κ2) is 6.26. The summed E-state index contributed by atoms with van der Waals surface area (Å²) in [6, 6.07) is 2.94. The molecule has 0 fully saturated rings. The van der Waals surface area contributed by atoms with Crippen LogP contribution in [0, 0.1) is 0 Å². The van der Waals surface area contributed by atoms with Gasteiger partial charge in [-0.05, 0) is 25.0 Å². The molecule has 5 nitrogen and oxygen atoms in total. The molecule has 1 aromatic heterocycles. The van der Waals surface area contributed by atoms with Gasteiger partial charge in [-0.3, -0.25) is 0 Å². The lowest BCUT2D eigenvalue weighted by atomic mass is 10.2. The van der Waals surface area contributed by atoms with Crippen molar-refractivity contribution in [3.63, 3.8) is 0 Å². The SMILES string of the molecule is CCCC(C)N(C)S(=O)(=O)c1ccc(CO)cn1. The summed E-state index contributed by atoms with van der Waals surface area (Å²) in [4.78, 5) is 3.90. The summed E-state index contributed by atoms with van der Waals surface area (Å²) in [6.45, 7) is 3.75. The number of rotatable bonds is 6. The summed E-state index contributed by atoms with van der Waals surface area (Å²) in [5.74, 6) is 0. The van der Waals surface area contributed by atoms with Crippen LogP contribution >= 0.6 is 0 Å². The molecule has 1 aromatic rings. The fraction of sp³-hybridized carbons (Fsp3) is 0.583. The van der Waals surface area contributed by atoms with Crippen molar-refractivity contribution in [2.45, 2.75) is 44.4 Å². The van der Waals surface area contributed by atoms with Crippen molar-refractivity contribution in [3.8, 4) is 0 Å². The molecule has 0 radical (unpaired) electrons. The predicted molar refractivity (Wildman–Crippen MR) is 69.5 cm³/mol. The van der Waals surface area contributed by atoms with E-state index in [0.29, 0.717) is 5.56 Å². The molecular formula is C12H20N2O3S. The van der Waals surface area contributed by atoms with Crippen molar-refractivity contribution in [1.82, 2.24) is 9.29 Å². The molecule has 0 aliphatic heterocycles. The Morgan fingerprint density at radius 3 is 2.56 bits per heavy atom. The Kier molecular flexibility index (Phi) is 5.25. The van der Waals surface area contributed by atoms with Crippen molar-refractivity contribution in [3.05, 3.63) is 23.9 Å². The highest BCUT2D eigenvalue weighted by Gasteiger charge is 2.25. The topological polar surface area (TPSA) is 70.5 Å². The molecular weight excluding hydrogens is 252 g/mol. The molecule has 1 unspecified atom stereocenters. The van der Waals surface area contributed by atoms with Crippen LogP contribution in [0.1, 0.15) is 32.3 Å². The van der Waals surface area contributed by atoms with Crippen molar-refractivity contribution >= 4 is 10.0 Å². The maximum Gasteiger partial charge on any atom is 0.260 e. The quantitative estimate of drug-likeness (QED) is 0.849. The number of aliphatic hydroxyl groups is 1. The molecule has 0 spiro atoms. The van der Waals surface area contributed by atoms with Crippen LogP contribution in [0.5, 0.6) is 0 Å². The second-order valence-corrected chi connectivity index (χ2v) is 6.27. The lowest BCUT2D eigenvalue weighted by Crippen LogP contribution is -2.35. The molecule has 0 saturated carbocycles. The predicted octanol–water partition coefficient (Wildman–Crippen LogP) is 1.38. The van der Waals surface area contributed by atoms with Crippen molar-refractivity contribution in [2.24, 2.45) is 0 Å². The molecule has 0 saturated heterocycles. The zero-order valence-corrected chi connectivity index (χ0v) is 11.8. The maximum absolute atomic E-state index is 12.2. The normalized spacial score (nSPS) is 13.8. The van der Waals surface area contributed by atoms with E-state index in [0.717, 1.165) is 12.8 Å². The van der Waals surface area contributed by atoms with Crippen LogP contribution in [0.25, 0.3) is 0 Å². The largest absolute Gasteiger partial charge is 0.392 e. The molecule has 0 bridgehead atoms. The molecule has 0 aliphatic rings. The average molecular weight is 272 g/mol. The third-order valence-electron chi connectivity index (χ3n) is 2.95. The van der Waals surface area contributed by atoms with E-state index in [9.17, 15) is 8.42 Å². The number of pyridine rings is 1. The number of hydrogen-bond donors (Lipinski definition) is 1. The van der Waals surface area contributed by atoms with Gasteiger partial charge < -0.3 is 5.11 Å². The smallest absolute Gasteiger partial charge is 0.260 e. The van der Waals surface area contributed by atoms with Gasteiger partial charge in [0.15, 0.2) is 5.03 Å². The van der Waals surface area contributed by atoms with E-state index in [-0.39, 0.29) is 17.7 Å². The van der Waals surface area contributed by atoms with Crippen LogP contribution < -0.4 is 0 Å². The van der Waals surface area contributed by atoms with E-state index < -0.39 is 10.0 Å². The van der Waals surface area contributed by atoms with Gasteiger partial charge >= 0.3 is 0 Å². The van der Waals surface area contributed by atoms with E-state index >= 15 is 0 Å². The Morgan fingerprint density at radius 1 is 1.44 bits per heavy atom. The highest BCUT2D eigenvalue weighted by Crippen LogP contribution is 2.16. The van der Waals surface area contributed by atoms with Gasteiger partial charge in [0.1, 0.15) is 0 Å². The van der Waals surface area contributed by atoms with Gasteiger partial charge in [-0.2, -0.15) is 4.31 Å². The van der Waals surface area contributed by atoms with Crippen molar-refractivity contribution < 1.29 is 13.5 Å². The third-order valence-corrected chi connectivity index (χ3v) is 4.84. The van der Waals surface area contributed by atoms with Crippen LogP contribution in [0.15, 0.2) is 23.4 Å². The maximum atomic E-state index is 12.2. The molecule has 1 atom stereocenters. The molecule has 0 aliphatic carbocycles. The Morgan fingerprint density at radius 2 is 2.11 bits per heavy atom. The Hall–Kier alpha value is -0.980. The Balaban J connectivity index is 2.97. The number of aliphatic hydroxyl groups excluding tert-OH is 1. The minimum atomic E-state index is -3.54. The fourth-order valence-corrected chi connectivity index (χ4v) is 2.94. The molecule has 0 aromatic carbocycles. The van der Waals surface area contributed by atoms with Gasteiger partial charge in [0, 0.05) is 19.3 Å². The van der Waals surface area contributed by atoms with Gasteiger partial charge in [0.25, 0.3) is 10.0 Å². The van der Waals surface area contributed by atoms with E-state index in [4.69, 9.17) is 5.11 Å². The summed E-state index contributed by atoms with van der Waals surface area (Å²) < 4.78 is 25.8. The lowest BCUT2D eigenvalue weighted by molar-refractivity contribution is 0.281. The van der Waals surface area contributed by atoms with E-state index in [1.54, 1.807) is 13.1 Å². The van der Waals surface area contributed by atoms with Gasteiger partial charge in [-0.1, -0.05) is 19.4 Å². The molecule has 1 rings (SSSR count). The molecule has 6 heteroatoms. The minimum absolute atomic E-state index is 0.0187. The number of hydrogen-bond acceptors (Lipinski definition) is 4. The van der Waals surface area contributed by atoms with Crippen LogP contribution in [-0.2, 0) is 16.6 Å². The van der Waals surface area contributed by atoms with E-state index in [2.05, 4.69) is 4.98 Å². The molecule has 0 amide bonds. The first-order valence-electron chi connectivity index (χ1n) is 5.97. The van der Waals surface area contributed by atoms with Gasteiger partial charge in [0.2, 0.25) is 0 Å². The Labute approximate surface area is 109 Å². The second-order valence-electron chi connectivity index (χ2n) is 4.32. The van der Waals surface area contributed by atoms with Crippen LogP contribution in [0.2, 0.25) is 0 Å². The summed E-state index contributed by atoms with van der Waals surface area (Å²) >= 11 is 0. The molecule has 18 heavy (non-hydrogen) atoms. The molecule has 102 valence electrons. The minimum Gasteiger partial charge on any atom is -0.392 e. The first-order valence-corrected chi connectivity index (χ1v) is 7.41. The van der Waals surface area contributed by atoms with E-state index in [1.165, 1.54) is 16.6 Å².